The van der Waals surface area contributed by atoms with Crippen LogP contribution in [0.1, 0.15) is 5.56 Å². The summed E-state index contributed by atoms with van der Waals surface area (Å²) in [5.74, 6) is 0.169. The van der Waals surface area contributed by atoms with Gasteiger partial charge in [0.1, 0.15) is 5.75 Å². The first kappa shape index (κ1) is 11.1. The van der Waals surface area contributed by atoms with Crippen LogP contribution in [0.3, 0.4) is 0 Å². The van der Waals surface area contributed by atoms with Gasteiger partial charge in [-0.2, -0.15) is 0 Å². The number of hydrogen-bond donors (Lipinski definition) is 1. The zero-order valence-electron chi connectivity index (χ0n) is 8.88. The lowest BCUT2D eigenvalue weighted by atomic mass is 10.2. The lowest BCUT2D eigenvalue weighted by Crippen LogP contribution is -1.90. The standard InChI is InChI=1S/C13H10FNO2/c14-12-7-6-10(9-15-16)8-13(12)17-11-4-2-1-3-5-11/h1-9,16H. The first-order valence-corrected chi connectivity index (χ1v) is 4.99. The number of benzene rings is 2. The number of oxime groups is 1. The number of hydrogen-bond acceptors (Lipinski definition) is 3. The molecule has 86 valence electrons. The van der Waals surface area contributed by atoms with Crippen LogP contribution in [0.25, 0.3) is 0 Å². The molecule has 1 N–H and O–H groups in total. The molecule has 0 bridgehead atoms. The number of para-hydroxylation sites is 1. The lowest BCUT2D eigenvalue weighted by molar-refractivity contribution is 0.322. The van der Waals surface area contributed by atoms with Gasteiger partial charge in [-0.15, -0.1) is 0 Å². The number of nitrogens with zero attached hydrogens (tertiary/aromatic N) is 1. The highest BCUT2D eigenvalue weighted by Gasteiger charge is 2.05. The van der Waals surface area contributed by atoms with E-state index in [1.54, 1.807) is 24.3 Å². The molecule has 0 radical (unpaired) electrons. The molecule has 0 amide bonds. The minimum absolute atomic E-state index is 0.0913. The van der Waals surface area contributed by atoms with Gasteiger partial charge >= 0.3 is 0 Å². The van der Waals surface area contributed by atoms with Crippen LogP contribution >= 0.6 is 0 Å². The third-order valence-corrected chi connectivity index (χ3v) is 2.13. The van der Waals surface area contributed by atoms with Crippen molar-refractivity contribution in [3.8, 4) is 11.5 Å². The van der Waals surface area contributed by atoms with Crippen LogP contribution in [0.15, 0.2) is 53.7 Å². The quantitative estimate of drug-likeness (QED) is 0.499. The molecule has 3 nitrogen and oxygen atoms in total. The summed E-state index contributed by atoms with van der Waals surface area (Å²) in [4.78, 5) is 0. The smallest absolute Gasteiger partial charge is 0.165 e. The van der Waals surface area contributed by atoms with E-state index in [2.05, 4.69) is 5.16 Å². The SMILES string of the molecule is ON=Cc1ccc(F)c(Oc2ccccc2)c1. The second kappa shape index (κ2) is 5.12. The Balaban J connectivity index is 2.29. The topological polar surface area (TPSA) is 41.8 Å². The summed E-state index contributed by atoms with van der Waals surface area (Å²) in [6.45, 7) is 0. The zero-order valence-corrected chi connectivity index (χ0v) is 8.88. The van der Waals surface area contributed by atoms with Crippen molar-refractivity contribution in [1.82, 2.24) is 0 Å². The monoisotopic (exact) mass is 231 g/mol. The molecule has 0 aliphatic heterocycles. The van der Waals surface area contributed by atoms with Crippen molar-refractivity contribution < 1.29 is 14.3 Å². The fourth-order valence-electron chi connectivity index (χ4n) is 1.36. The average molecular weight is 231 g/mol. The summed E-state index contributed by atoms with van der Waals surface area (Å²) in [5.41, 5.74) is 0.555. The molecule has 0 heterocycles. The van der Waals surface area contributed by atoms with E-state index in [9.17, 15) is 4.39 Å². The highest BCUT2D eigenvalue weighted by molar-refractivity contribution is 5.79. The van der Waals surface area contributed by atoms with E-state index in [4.69, 9.17) is 9.94 Å². The summed E-state index contributed by atoms with van der Waals surface area (Å²) in [6.07, 6.45) is 1.21. The number of rotatable bonds is 3. The van der Waals surface area contributed by atoms with Gasteiger partial charge < -0.3 is 9.94 Å². The minimum Gasteiger partial charge on any atom is -0.454 e. The Morgan fingerprint density at radius 1 is 1.12 bits per heavy atom. The first-order chi connectivity index (χ1) is 8.29. The van der Waals surface area contributed by atoms with Gasteiger partial charge in [0, 0.05) is 0 Å². The van der Waals surface area contributed by atoms with Gasteiger partial charge in [-0.3, -0.25) is 0 Å². The van der Waals surface area contributed by atoms with Crippen molar-refractivity contribution in [2.24, 2.45) is 5.16 Å². The van der Waals surface area contributed by atoms with Crippen LogP contribution < -0.4 is 4.74 Å². The van der Waals surface area contributed by atoms with E-state index < -0.39 is 5.82 Å². The molecule has 0 fully saturated rings. The Morgan fingerprint density at radius 3 is 2.59 bits per heavy atom. The van der Waals surface area contributed by atoms with Crippen LogP contribution in [0, 0.1) is 5.82 Å². The van der Waals surface area contributed by atoms with E-state index >= 15 is 0 Å². The summed E-state index contributed by atoms with van der Waals surface area (Å²) < 4.78 is 18.8. The molecule has 0 atom stereocenters. The molecule has 0 spiro atoms. The second-order valence-electron chi connectivity index (χ2n) is 3.35. The molecule has 4 heteroatoms. The second-order valence-corrected chi connectivity index (χ2v) is 3.35. The third kappa shape index (κ3) is 2.81. The summed E-state index contributed by atoms with van der Waals surface area (Å²) in [5, 5.41) is 11.3. The Hall–Kier alpha value is -2.36. The van der Waals surface area contributed by atoms with Crippen molar-refractivity contribution in [2.45, 2.75) is 0 Å². The van der Waals surface area contributed by atoms with E-state index in [1.165, 1.54) is 24.4 Å². The van der Waals surface area contributed by atoms with Crippen molar-refractivity contribution in [3.05, 3.63) is 59.9 Å². The molecule has 0 saturated carbocycles. The fourth-order valence-corrected chi connectivity index (χ4v) is 1.36. The molecule has 2 rings (SSSR count). The average Bonchev–Trinajstić information content (AvgIpc) is 2.35. The molecule has 0 aromatic heterocycles. The van der Waals surface area contributed by atoms with Gasteiger partial charge in [-0.05, 0) is 29.8 Å². The minimum atomic E-state index is -0.469. The van der Waals surface area contributed by atoms with Crippen LogP contribution in [0.2, 0.25) is 0 Å². The first-order valence-electron chi connectivity index (χ1n) is 4.99. The third-order valence-electron chi connectivity index (χ3n) is 2.13. The van der Waals surface area contributed by atoms with Crippen LogP contribution in [-0.4, -0.2) is 11.4 Å². The maximum Gasteiger partial charge on any atom is 0.165 e. The van der Waals surface area contributed by atoms with Crippen LogP contribution in [-0.2, 0) is 0 Å². The van der Waals surface area contributed by atoms with Crippen molar-refractivity contribution in [1.29, 1.82) is 0 Å². The lowest BCUT2D eigenvalue weighted by Gasteiger charge is -2.06. The molecular formula is C13H10FNO2. The molecular weight excluding hydrogens is 221 g/mol. The predicted molar refractivity (Wildman–Crippen MR) is 62.3 cm³/mol. The normalized spacial score (nSPS) is 10.6. The van der Waals surface area contributed by atoms with Gasteiger partial charge in [0.2, 0.25) is 0 Å². The summed E-state index contributed by atoms with van der Waals surface area (Å²) in [6, 6.07) is 13.1. The number of halogens is 1. The maximum absolute atomic E-state index is 13.5. The van der Waals surface area contributed by atoms with Gasteiger partial charge in [0.25, 0.3) is 0 Å². The van der Waals surface area contributed by atoms with Gasteiger partial charge in [0.15, 0.2) is 11.6 Å². The predicted octanol–water partition coefficient (Wildman–Crippen LogP) is 3.43. The fraction of sp³-hybridized carbons (Fsp3) is 0. The molecule has 0 saturated heterocycles. The largest absolute Gasteiger partial charge is 0.454 e. The van der Waals surface area contributed by atoms with Crippen molar-refractivity contribution in [2.75, 3.05) is 0 Å². The highest BCUT2D eigenvalue weighted by atomic mass is 19.1. The molecule has 2 aromatic rings. The highest BCUT2D eigenvalue weighted by Crippen LogP contribution is 2.24. The maximum atomic E-state index is 13.5. The summed E-state index contributed by atoms with van der Waals surface area (Å²) >= 11 is 0. The van der Waals surface area contributed by atoms with Gasteiger partial charge in [-0.25, -0.2) is 4.39 Å². The zero-order chi connectivity index (χ0) is 12.1. The van der Waals surface area contributed by atoms with Gasteiger partial charge in [0.05, 0.1) is 6.21 Å². The Morgan fingerprint density at radius 2 is 1.88 bits per heavy atom. The molecule has 0 unspecified atom stereocenters. The number of ether oxygens (including phenoxy) is 1. The Kier molecular flexibility index (Phi) is 3.35. The van der Waals surface area contributed by atoms with Crippen LogP contribution in [0.5, 0.6) is 11.5 Å². The molecule has 0 aliphatic carbocycles. The van der Waals surface area contributed by atoms with Crippen LogP contribution in [0.4, 0.5) is 4.39 Å². The Bertz CT molecular complexity index is 526. The van der Waals surface area contributed by atoms with Crippen molar-refractivity contribution in [3.63, 3.8) is 0 Å². The van der Waals surface area contributed by atoms with Crippen molar-refractivity contribution >= 4 is 6.21 Å². The molecule has 17 heavy (non-hydrogen) atoms. The Labute approximate surface area is 97.8 Å². The van der Waals surface area contributed by atoms with E-state index in [-0.39, 0.29) is 5.75 Å². The summed E-state index contributed by atoms with van der Waals surface area (Å²) in [7, 11) is 0. The van der Waals surface area contributed by atoms with E-state index in [0.29, 0.717) is 11.3 Å². The van der Waals surface area contributed by atoms with E-state index in [0.717, 1.165) is 0 Å². The van der Waals surface area contributed by atoms with Gasteiger partial charge in [-0.1, -0.05) is 29.4 Å². The molecule has 2 aromatic carbocycles. The van der Waals surface area contributed by atoms with E-state index in [1.807, 2.05) is 6.07 Å². The molecule has 0 aliphatic rings.